The largest absolute Gasteiger partial charge is 0.487 e. The monoisotopic (exact) mass is 466 g/mol. The van der Waals surface area contributed by atoms with Crippen molar-refractivity contribution < 1.29 is 17.9 Å². The summed E-state index contributed by atoms with van der Waals surface area (Å²) in [7, 11) is -3.72. The van der Waals surface area contributed by atoms with Gasteiger partial charge in [0, 0.05) is 5.39 Å². The molecule has 0 aliphatic heterocycles. The van der Waals surface area contributed by atoms with Gasteiger partial charge in [0.05, 0.1) is 16.7 Å². The minimum absolute atomic E-state index is 0.348. The number of ketones is 1. The molecule has 3 aromatic rings. The van der Waals surface area contributed by atoms with Gasteiger partial charge in [-0.3, -0.25) is 4.79 Å². The van der Waals surface area contributed by atoms with Crippen LogP contribution in [0.1, 0.15) is 56.7 Å². The Morgan fingerprint density at radius 1 is 0.970 bits per heavy atom. The molecule has 0 saturated heterocycles. The minimum Gasteiger partial charge on any atom is -0.487 e. The summed E-state index contributed by atoms with van der Waals surface area (Å²) < 4.78 is 34.2. The van der Waals surface area contributed by atoms with Gasteiger partial charge in [0.2, 0.25) is 10.0 Å². The van der Waals surface area contributed by atoms with Gasteiger partial charge in [0.25, 0.3) is 0 Å². The lowest BCUT2D eigenvalue weighted by Crippen LogP contribution is -2.47. The lowest BCUT2D eigenvalue weighted by atomic mass is 9.84. The van der Waals surface area contributed by atoms with E-state index in [2.05, 4.69) is 9.71 Å². The van der Waals surface area contributed by atoms with E-state index in [-0.39, 0.29) is 5.78 Å². The summed E-state index contributed by atoms with van der Waals surface area (Å²) >= 11 is 0. The molecule has 0 spiro atoms. The maximum atomic E-state index is 12.7. The highest BCUT2D eigenvalue weighted by atomic mass is 32.2. The molecule has 0 atom stereocenters. The number of nitrogens with zero attached hydrogens (tertiary/aromatic N) is 1. The highest BCUT2D eigenvalue weighted by molar-refractivity contribution is 7.90. The maximum absolute atomic E-state index is 12.7. The number of pyridine rings is 1. The predicted molar refractivity (Wildman–Crippen MR) is 130 cm³/mol. The van der Waals surface area contributed by atoms with Crippen LogP contribution in [0.4, 0.5) is 0 Å². The lowest BCUT2D eigenvalue weighted by Gasteiger charge is -2.34. The zero-order chi connectivity index (χ0) is 23.3. The highest BCUT2D eigenvalue weighted by Gasteiger charge is 2.37. The molecule has 0 unspecified atom stereocenters. The zero-order valence-electron chi connectivity index (χ0n) is 18.9. The maximum Gasteiger partial charge on any atom is 0.219 e. The molecule has 1 aliphatic carbocycles. The third kappa shape index (κ3) is 5.97. The van der Waals surface area contributed by atoms with Crippen LogP contribution >= 0.6 is 0 Å². The number of nitrogens with one attached hydrogen (secondary N) is 1. The molecule has 1 aromatic heterocycles. The van der Waals surface area contributed by atoms with Crippen LogP contribution in [0.3, 0.4) is 0 Å². The molecule has 6 nitrogen and oxygen atoms in total. The Balaban J connectivity index is 1.51. The molecule has 1 heterocycles. The first kappa shape index (κ1) is 23.4. The number of ether oxygens (including phenoxy) is 1. The molecule has 0 bridgehead atoms. The number of fused-ring (bicyclic) bond motifs is 1. The molecular formula is C26H30N2O4S. The predicted octanol–water partition coefficient (Wildman–Crippen LogP) is 4.87. The molecule has 1 fully saturated rings. The van der Waals surface area contributed by atoms with E-state index in [1.807, 2.05) is 60.7 Å². The second kappa shape index (κ2) is 10.0. The molecule has 1 aliphatic rings. The number of aromatic nitrogens is 1. The van der Waals surface area contributed by atoms with E-state index in [4.69, 9.17) is 4.74 Å². The Bertz CT molecular complexity index is 1210. The third-order valence-electron chi connectivity index (χ3n) is 6.15. The summed E-state index contributed by atoms with van der Waals surface area (Å²) in [6.45, 7) is 1.65. The molecule has 1 saturated carbocycles. The molecule has 33 heavy (non-hydrogen) atoms. The first-order valence-electron chi connectivity index (χ1n) is 11.4. The average molecular weight is 467 g/mol. The standard InChI is InChI=1S/C26H30N2O4S/c1-20(29)19-33(30,31)28-26(16-6-2-3-7-17-26)22-11-14-24(15-12-22)32-18-23-13-10-21-8-4-5-9-25(21)27-23/h4-5,8-15,28H,2-3,6-7,16-19H2,1H3. The smallest absolute Gasteiger partial charge is 0.219 e. The summed E-state index contributed by atoms with van der Waals surface area (Å²) in [5.41, 5.74) is 1.99. The van der Waals surface area contributed by atoms with Crippen molar-refractivity contribution in [2.75, 3.05) is 5.75 Å². The zero-order valence-corrected chi connectivity index (χ0v) is 19.7. The van der Waals surface area contributed by atoms with Crippen LogP contribution in [0, 0.1) is 0 Å². The second-order valence-electron chi connectivity index (χ2n) is 8.87. The number of para-hydroxylation sites is 1. The van der Waals surface area contributed by atoms with E-state index >= 15 is 0 Å². The van der Waals surface area contributed by atoms with Gasteiger partial charge >= 0.3 is 0 Å². The van der Waals surface area contributed by atoms with Crippen LogP contribution in [0.2, 0.25) is 0 Å². The van der Waals surface area contributed by atoms with E-state index in [0.29, 0.717) is 25.2 Å². The van der Waals surface area contributed by atoms with Crippen LogP contribution in [0.5, 0.6) is 5.75 Å². The number of Topliss-reactive ketones (excluding diaryl/α,β-unsaturated/α-hetero) is 1. The Morgan fingerprint density at radius 3 is 2.36 bits per heavy atom. The van der Waals surface area contributed by atoms with E-state index in [1.165, 1.54) is 6.92 Å². The summed E-state index contributed by atoms with van der Waals surface area (Å²) in [5.74, 6) is -0.157. The Labute approximate surface area is 195 Å². The third-order valence-corrected chi connectivity index (χ3v) is 7.64. The van der Waals surface area contributed by atoms with E-state index in [0.717, 1.165) is 47.8 Å². The fourth-order valence-corrected chi connectivity index (χ4v) is 6.12. The quantitative estimate of drug-likeness (QED) is 0.479. The SMILES string of the molecule is CC(=O)CS(=O)(=O)NC1(c2ccc(OCc3ccc4ccccc4n3)cc2)CCCCCC1. The number of hydrogen-bond acceptors (Lipinski definition) is 5. The highest BCUT2D eigenvalue weighted by Crippen LogP contribution is 2.37. The summed E-state index contributed by atoms with van der Waals surface area (Å²) in [6, 6.07) is 19.6. The van der Waals surface area contributed by atoms with Crippen molar-refractivity contribution in [2.24, 2.45) is 0 Å². The van der Waals surface area contributed by atoms with Crippen LogP contribution in [0.25, 0.3) is 10.9 Å². The molecule has 0 radical (unpaired) electrons. The van der Waals surface area contributed by atoms with Crippen LogP contribution < -0.4 is 9.46 Å². The fourth-order valence-electron chi connectivity index (χ4n) is 4.60. The number of sulfonamides is 1. The van der Waals surface area contributed by atoms with Crippen LogP contribution in [-0.4, -0.2) is 24.9 Å². The Kier molecular flexibility index (Phi) is 7.10. The van der Waals surface area contributed by atoms with Gasteiger partial charge in [-0.15, -0.1) is 0 Å². The molecule has 4 rings (SSSR count). The molecule has 2 aromatic carbocycles. The van der Waals surface area contributed by atoms with E-state index in [1.54, 1.807) is 0 Å². The van der Waals surface area contributed by atoms with Gasteiger partial charge in [-0.25, -0.2) is 18.1 Å². The first-order chi connectivity index (χ1) is 15.9. The van der Waals surface area contributed by atoms with Gasteiger partial charge < -0.3 is 4.74 Å². The van der Waals surface area contributed by atoms with Crippen molar-refractivity contribution in [3.8, 4) is 5.75 Å². The number of carbonyl (C=O) groups is 1. The molecule has 7 heteroatoms. The normalized spacial score (nSPS) is 16.3. The summed E-state index contributed by atoms with van der Waals surface area (Å²) in [4.78, 5) is 16.1. The molecule has 0 amide bonds. The number of hydrogen-bond donors (Lipinski definition) is 1. The molecule has 174 valence electrons. The van der Waals surface area contributed by atoms with Crippen LogP contribution in [0.15, 0.2) is 60.7 Å². The van der Waals surface area contributed by atoms with Crippen molar-refractivity contribution in [2.45, 2.75) is 57.6 Å². The topological polar surface area (TPSA) is 85.4 Å². The van der Waals surface area contributed by atoms with Crippen molar-refractivity contribution >= 4 is 26.7 Å². The van der Waals surface area contributed by atoms with Gasteiger partial charge in [-0.2, -0.15) is 0 Å². The van der Waals surface area contributed by atoms with Gasteiger partial charge in [-0.05, 0) is 49.6 Å². The second-order valence-corrected chi connectivity index (χ2v) is 10.6. The lowest BCUT2D eigenvalue weighted by molar-refractivity contribution is -0.114. The molecular weight excluding hydrogens is 436 g/mol. The molecule has 1 N–H and O–H groups in total. The van der Waals surface area contributed by atoms with Crippen molar-refractivity contribution in [1.82, 2.24) is 9.71 Å². The van der Waals surface area contributed by atoms with Gasteiger partial charge in [0.1, 0.15) is 23.9 Å². The van der Waals surface area contributed by atoms with Crippen molar-refractivity contribution in [3.63, 3.8) is 0 Å². The minimum atomic E-state index is -3.72. The van der Waals surface area contributed by atoms with Gasteiger partial charge in [0.15, 0.2) is 0 Å². The van der Waals surface area contributed by atoms with E-state index < -0.39 is 21.3 Å². The number of rotatable bonds is 8. The summed E-state index contributed by atoms with van der Waals surface area (Å²) in [5, 5.41) is 1.09. The van der Waals surface area contributed by atoms with Crippen molar-refractivity contribution in [3.05, 3.63) is 71.9 Å². The number of benzene rings is 2. The van der Waals surface area contributed by atoms with Crippen molar-refractivity contribution in [1.29, 1.82) is 0 Å². The van der Waals surface area contributed by atoms with Gasteiger partial charge in [-0.1, -0.05) is 62.1 Å². The number of carbonyl (C=O) groups excluding carboxylic acids is 1. The van der Waals surface area contributed by atoms with Crippen LogP contribution in [-0.2, 0) is 27.0 Å². The summed E-state index contributed by atoms with van der Waals surface area (Å²) in [6.07, 6.45) is 5.46. The average Bonchev–Trinajstić information content (AvgIpc) is 3.03. The Morgan fingerprint density at radius 2 is 1.67 bits per heavy atom. The van der Waals surface area contributed by atoms with E-state index in [9.17, 15) is 13.2 Å². The fraction of sp³-hybridized carbons (Fsp3) is 0.385. The Hall–Kier alpha value is -2.77. The first-order valence-corrected chi connectivity index (χ1v) is 13.1.